The van der Waals surface area contributed by atoms with Gasteiger partial charge in [-0.3, -0.25) is 0 Å². The van der Waals surface area contributed by atoms with Crippen molar-refractivity contribution in [1.29, 1.82) is 5.26 Å². The molecule has 0 saturated carbocycles. The van der Waals surface area contributed by atoms with Crippen LogP contribution in [0.1, 0.15) is 19.4 Å². The summed E-state index contributed by atoms with van der Waals surface area (Å²) < 4.78 is 7.12. The van der Waals surface area contributed by atoms with Gasteiger partial charge in [0.05, 0.1) is 24.1 Å². The molecule has 0 radical (unpaired) electrons. The molecule has 1 fully saturated rings. The lowest BCUT2D eigenvalue weighted by atomic mass is 10.2. The third kappa shape index (κ3) is 3.56. The molecule has 1 saturated heterocycles. The zero-order valence-corrected chi connectivity index (χ0v) is 14.1. The fourth-order valence-electron chi connectivity index (χ4n) is 2.88. The van der Waals surface area contributed by atoms with Gasteiger partial charge in [-0.05, 0) is 38.1 Å². The summed E-state index contributed by atoms with van der Waals surface area (Å²) in [5.41, 5.74) is 7.59. The number of nitriles is 1. The number of carbonyl (C=O) groups excluding carboxylic acids is 1. The first-order valence-electron chi connectivity index (χ1n) is 8.03. The van der Waals surface area contributed by atoms with Crippen LogP contribution in [0.2, 0.25) is 0 Å². The van der Waals surface area contributed by atoms with Crippen LogP contribution in [0, 0.1) is 11.3 Å². The minimum absolute atomic E-state index is 0.0222. The van der Waals surface area contributed by atoms with Gasteiger partial charge in [-0.1, -0.05) is 0 Å². The van der Waals surface area contributed by atoms with E-state index in [0.717, 1.165) is 0 Å². The van der Waals surface area contributed by atoms with Gasteiger partial charge in [0.15, 0.2) is 0 Å². The van der Waals surface area contributed by atoms with Crippen LogP contribution in [0.3, 0.4) is 0 Å². The molecule has 0 bridgehead atoms. The van der Waals surface area contributed by atoms with Crippen molar-refractivity contribution in [2.24, 2.45) is 0 Å². The van der Waals surface area contributed by atoms with Crippen LogP contribution in [-0.4, -0.2) is 46.0 Å². The lowest BCUT2D eigenvalue weighted by Crippen LogP contribution is -2.49. The SMILES string of the molecule is C[C@@H]1CN(C(=O)Nc2ccc(-n3ncc(C#N)c3N)cc2)C[C@H](C)O1. The number of nitrogens with two attached hydrogens (primary N) is 1. The van der Waals surface area contributed by atoms with Crippen LogP contribution in [0.4, 0.5) is 16.3 Å². The Hall–Kier alpha value is -3.05. The number of rotatable bonds is 2. The molecule has 8 heteroatoms. The zero-order valence-electron chi connectivity index (χ0n) is 14.1. The highest BCUT2D eigenvalue weighted by molar-refractivity contribution is 5.89. The van der Waals surface area contributed by atoms with E-state index in [1.807, 2.05) is 19.9 Å². The molecular weight excluding hydrogens is 320 g/mol. The topological polar surface area (TPSA) is 109 Å². The molecule has 3 rings (SSSR count). The summed E-state index contributed by atoms with van der Waals surface area (Å²) in [5.74, 6) is 0.288. The number of nitrogen functional groups attached to an aromatic ring is 1. The van der Waals surface area contributed by atoms with Gasteiger partial charge in [0.2, 0.25) is 0 Å². The maximum absolute atomic E-state index is 12.4. The molecule has 2 aromatic rings. The Balaban J connectivity index is 1.69. The average molecular weight is 340 g/mol. The quantitative estimate of drug-likeness (QED) is 0.868. The van der Waals surface area contributed by atoms with Crippen LogP contribution in [0.25, 0.3) is 5.69 Å². The van der Waals surface area contributed by atoms with Crippen molar-refractivity contribution < 1.29 is 9.53 Å². The van der Waals surface area contributed by atoms with E-state index in [-0.39, 0.29) is 24.1 Å². The molecule has 1 aliphatic rings. The van der Waals surface area contributed by atoms with E-state index >= 15 is 0 Å². The minimum atomic E-state index is -0.153. The Morgan fingerprint density at radius 1 is 1.32 bits per heavy atom. The Kier molecular flexibility index (Phi) is 4.59. The molecular formula is C17H20N6O2. The normalized spacial score (nSPS) is 20.1. The molecule has 1 aromatic carbocycles. The fourth-order valence-corrected chi connectivity index (χ4v) is 2.88. The summed E-state index contributed by atoms with van der Waals surface area (Å²) in [6, 6.07) is 8.94. The minimum Gasteiger partial charge on any atom is -0.382 e. The second-order valence-electron chi connectivity index (χ2n) is 6.11. The van der Waals surface area contributed by atoms with Gasteiger partial charge >= 0.3 is 6.03 Å². The molecule has 2 heterocycles. The highest BCUT2D eigenvalue weighted by atomic mass is 16.5. The highest BCUT2D eigenvalue weighted by Gasteiger charge is 2.25. The summed E-state index contributed by atoms with van der Waals surface area (Å²) in [7, 11) is 0. The molecule has 130 valence electrons. The van der Waals surface area contributed by atoms with E-state index in [1.165, 1.54) is 10.9 Å². The standard InChI is InChI=1S/C17H20N6O2/c1-11-9-22(10-12(2)25-11)17(24)21-14-3-5-15(6-4-14)23-16(19)13(7-18)8-20-23/h3-6,8,11-12H,9-10,19H2,1-2H3,(H,21,24)/t11-,12+. The van der Waals surface area contributed by atoms with E-state index in [0.29, 0.717) is 30.0 Å². The number of ether oxygens (including phenoxy) is 1. The molecule has 0 spiro atoms. The van der Waals surface area contributed by atoms with Crippen molar-refractivity contribution in [3.63, 3.8) is 0 Å². The van der Waals surface area contributed by atoms with Crippen LogP contribution >= 0.6 is 0 Å². The molecule has 0 unspecified atom stereocenters. The summed E-state index contributed by atoms with van der Waals surface area (Å²) in [5, 5.41) is 15.9. The maximum Gasteiger partial charge on any atom is 0.322 e. The van der Waals surface area contributed by atoms with Gasteiger partial charge in [-0.15, -0.1) is 0 Å². The molecule has 2 atom stereocenters. The lowest BCUT2D eigenvalue weighted by molar-refractivity contribution is -0.0530. The van der Waals surface area contributed by atoms with Crippen molar-refractivity contribution in [2.45, 2.75) is 26.1 Å². The summed E-state index contributed by atoms with van der Waals surface area (Å²) in [6.45, 7) is 5.04. The molecule has 25 heavy (non-hydrogen) atoms. The van der Waals surface area contributed by atoms with Gasteiger partial charge in [-0.2, -0.15) is 10.4 Å². The number of carbonyl (C=O) groups is 1. The van der Waals surface area contributed by atoms with Crippen LogP contribution < -0.4 is 11.1 Å². The summed E-state index contributed by atoms with van der Waals surface area (Å²) >= 11 is 0. The molecule has 8 nitrogen and oxygen atoms in total. The molecule has 1 aromatic heterocycles. The van der Waals surface area contributed by atoms with Crippen molar-refractivity contribution >= 4 is 17.5 Å². The number of hydrogen-bond acceptors (Lipinski definition) is 5. The van der Waals surface area contributed by atoms with Gasteiger partial charge in [0.1, 0.15) is 17.5 Å². The predicted octanol–water partition coefficient (Wildman–Crippen LogP) is 1.97. The van der Waals surface area contributed by atoms with E-state index < -0.39 is 0 Å². The number of aromatic nitrogens is 2. The smallest absolute Gasteiger partial charge is 0.322 e. The van der Waals surface area contributed by atoms with Crippen LogP contribution in [0.15, 0.2) is 30.5 Å². The first kappa shape index (κ1) is 16.8. The fraction of sp³-hybridized carbons (Fsp3) is 0.353. The number of morpholine rings is 1. The van der Waals surface area contributed by atoms with Crippen LogP contribution in [-0.2, 0) is 4.74 Å². The van der Waals surface area contributed by atoms with Crippen molar-refractivity contribution in [3.05, 3.63) is 36.0 Å². The number of anilines is 2. The number of benzene rings is 1. The second kappa shape index (κ2) is 6.83. The van der Waals surface area contributed by atoms with E-state index in [1.54, 1.807) is 29.2 Å². The van der Waals surface area contributed by atoms with Crippen molar-refractivity contribution in [2.75, 3.05) is 24.1 Å². The largest absolute Gasteiger partial charge is 0.382 e. The number of nitrogens with zero attached hydrogens (tertiary/aromatic N) is 4. The third-order valence-corrected chi connectivity index (χ3v) is 4.00. The van der Waals surface area contributed by atoms with Crippen molar-refractivity contribution in [3.8, 4) is 11.8 Å². The number of hydrogen-bond donors (Lipinski definition) is 2. The van der Waals surface area contributed by atoms with Gasteiger partial charge in [-0.25, -0.2) is 9.48 Å². The van der Waals surface area contributed by atoms with E-state index in [4.69, 9.17) is 15.7 Å². The molecule has 3 N–H and O–H groups in total. The molecule has 1 aliphatic heterocycles. The van der Waals surface area contributed by atoms with E-state index in [2.05, 4.69) is 10.4 Å². The lowest BCUT2D eigenvalue weighted by Gasteiger charge is -2.35. The second-order valence-corrected chi connectivity index (χ2v) is 6.11. The van der Waals surface area contributed by atoms with Crippen LogP contribution in [0.5, 0.6) is 0 Å². The van der Waals surface area contributed by atoms with Gasteiger partial charge in [0.25, 0.3) is 0 Å². The summed E-state index contributed by atoms with van der Waals surface area (Å²) in [6.07, 6.45) is 1.47. The molecule has 0 aliphatic carbocycles. The number of nitrogens with one attached hydrogen (secondary N) is 1. The van der Waals surface area contributed by atoms with Gasteiger partial charge < -0.3 is 20.7 Å². The third-order valence-electron chi connectivity index (χ3n) is 4.00. The first-order valence-corrected chi connectivity index (χ1v) is 8.03. The Morgan fingerprint density at radius 3 is 2.52 bits per heavy atom. The maximum atomic E-state index is 12.4. The number of urea groups is 1. The number of amides is 2. The average Bonchev–Trinajstić information content (AvgIpc) is 2.95. The monoisotopic (exact) mass is 340 g/mol. The Labute approximate surface area is 145 Å². The van der Waals surface area contributed by atoms with Gasteiger partial charge in [0, 0.05) is 18.8 Å². The van der Waals surface area contributed by atoms with Crippen molar-refractivity contribution in [1.82, 2.24) is 14.7 Å². The first-order chi connectivity index (χ1) is 12.0. The Morgan fingerprint density at radius 2 is 1.96 bits per heavy atom. The Bertz CT molecular complexity index is 798. The highest BCUT2D eigenvalue weighted by Crippen LogP contribution is 2.19. The summed E-state index contributed by atoms with van der Waals surface area (Å²) in [4.78, 5) is 14.1. The molecule has 2 amide bonds. The van der Waals surface area contributed by atoms with E-state index in [9.17, 15) is 4.79 Å². The zero-order chi connectivity index (χ0) is 18.0. The predicted molar refractivity (Wildman–Crippen MR) is 93.3 cm³/mol.